The first-order chi connectivity index (χ1) is 11.0. The number of benzene rings is 2. The van der Waals surface area contributed by atoms with Crippen molar-refractivity contribution in [2.45, 2.75) is 26.4 Å². The minimum Gasteiger partial charge on any atom is -0.367 e. The summed E-state index contributed by atoms with van der Waals surface area (Å²) in [6.45, 7) is 6.06. The third kappa shape index (κ3) is 5.42. The lowest BCUT2D eigenvalue weighted by Crippen LogP contribution is -2.20. The van der Waals surface area contributed by atoms with Crippen LogP contribution >= 0.6 is 0 Å². The van der Waals surface area contributed by atoms with Gasteiger partial charge in [0, 0.05) is 24.0 Å². The molecule has 0 unspecified atom stereocenters. The Hall–Kier alpha value is -2.33. The van der Waals surface area contributed by atoms with Crippen molar-refractivity contribution in [1.29, 1.82) is 0 Å². The Balaban J connectivity index is 2.06. The van der Waals surface area contributed by atoms with Gasteiger partial charge in [-0.3, -0.25) is 0 Å². The van der Waals surface area contributed by atoms with Gasteiger partial charge in [0.25, 0.3) is 0 Å². The van der Waals surface area contributed by atoms with Crippen LogP contribution in [0.3, 0.4) is 0 Å². The van der Waals surface area contributed by atoms with Crippen molar-refractivity contribution in [3.8, 4) is 0 Å². The maximum absolute atomic E-state index is 5.47. The van der Waals surface area contributed by atoms with Gasteiger partial charge in [-0.2, -0.15) is 0 Å². The minimum atomic E-state index is -0.235. The van der Waals surface area contributed by atoms with Crippen molar-refractivity contribution in [3.63, 3.8) is 0 Å². The predicted molar refractivity (Wildman–Crippen MR) is 95.3 cm³/mol. The summed E-state index contributed by atoms with van der Waals surface area (Å²) in [6.07, 6.45) is 1.71. The third-order valence-corrected chi connectivity index (χ3v) is 3.25. The van der Waals surface area contributed by atoms with Gasteiger partial charge in [0.1, 0.15) is 0 Å². The monoisotopic (exact) mass is 312 g/mol. The lowest BCUT2D eigenvalue weighted by Gasteiger charge is -2.21. The first-order valence-electron chi connectivity index (χ1n) is 7.64. The van der Waals surface area contributed by atoms with Crippen molar-refractivity contribution in [3.05, 3.63) is 60.2 Å². The average molecular weight is 312 g/mol. The lowest BCUT2D eigenvalue weighted by atomic mass is 10.1. The Morgan fingerprint density at radius 1 is 1.00 bits per heavy atom. The molecule has 0 fully saturated rings. The molecule has 0 spiro atoms. The molecular formula is C19H24N2O2. The number of ether oxygens (including phenoxy) is 1. The summed E-state index contributed by atoms with van der Waals surface area (Å²) in [7, 11) is 2.03. The van der Waals surface area contributed by atoms with E-state index in [4.69, 9.17) is 9.57 Å². The van der Waals surface area contributed by atoms with E-state index in [-0.39, 0.29) is 12.4 Å². The van der Waals surface area contributed by atoms with Gasteiger partial charge in [-0.25, -0.2) is 0 Å². The second kappa shape index (κ2) is 7.79. The zero-order chi connectivity index (χ0) is 16.7. The molecule has 2 rings (SSSR count). The first-order valence-corrected chi connectivity index (χ1v) is 7.64. The molecule has 0 saturated carbocycles. The fourth-order valence-corrected chi connectivity index (χ4v) is 2.02. The molecule has 4 nitrogen and oxygen atoms in total. The Morgan fingerprint density at radius 2 is 1.65 bits per heavy atom. The molecular weight excluding hydrogens is 288 g/mol. The summed E-state index contributed by atoms with van der Waals surface area (Å²) in [5.74, 6) is 0. The molecule has 0 bridgehead atoms. The SMILES string of the molecule is CN(c1ccccc1)c1ccccc1/C=N/OCOC(C)(C)C. The summed E-state index contributed by atoms with van der Waals surface area (Å²) >= 11 is 0. The summed E-state index contributed by atoms with van der Waals surface area (Å²) in [5, 5.41) is 4.00. The molecule has 122 valence electrons. The van der Waals surface area contributed by atoms with Crippen LogP contribution in [0.25, 0.3) is 0 Å². The van der Waals surface area contributed by atoms with Crippen LogP contribution in [0.4, 0.5) is 11.4 Å². The average Bonchev–Trinajstić information content (AvgIpc) is 2.54. The Labute approximate surface area is 138 Å². The van der Waals surface area contributed by atoms with Gasteiger partial charge >= 0.3 is 0 Å². The topological polar surface area (TPSA) is 34.1 Å². The highest BCUT2D eigenvalue weighted by Crippen LogP contribution is 2.25. The number of para-hydroxylation sites is 2. The van der Waals surface area contributed by atoms with E-state index >= 15 is 0 Å². The Kier molecular flexibility index (Phi) is 5.77. The molecule has 0 amide bonds. The van der Waals surface area contributed by atoms with Crippen molar-refractivity contribution < 1.29 is 9.57 Å². The lowest BCUT2D eigenvalue weighted by molar-refractivity contribution is -0.119. The van der Waals surface area contributed by atoms with E-state index in [0.29, 0.717) is 0 Å². The number of anilines is 2. The molecule has 0 aliphatic carbocycles. The van der Waals surface area contributed by atoms with Gasteiger partial charge < -0.3 is 14.5 Å². The highest BCUT2D eigenvalue weighted by Gasteiger charge is 2.10. The molecule has 2 aromatic rings. The molecule has 23 heavy (non-hydrogen) atoms. The summed E-state index contributed by atoms with van der Waals surface area (Å²) in [5.41, 5.74) is 2.92. The van der Waals surface area contributed by atoms with Gasteiger partial charge in [0.15, 0.2) is 0 Å². The van der Waals surface area contributed by atoms with E-state index in [2.05, 4.69) is 28.3 Å². The van der Waals surface area contributed by atoms with E-state index in [1.165, 1.54) is 0 Å². The smallest absolute Gasteiger partial charge is 0.217 e. The zero-order valence-electron chi connectivity index (χ0n) is 14.2. The third-order valence-electron chi connectivity index (χ3n) is 3.25. The Morgan fingerprint density at radius 3 is 2.35 bits per heavy atom. The largest absolute Gasteiger partial charge is 0.367 e. The van der Waals surface area contributed by atoms with Crippen LogP contribution in [-0.2, 0) is 9.57 Å². The maximum Gasteiger partial charge on any atom is 0.217 e. The Bertz CT molecular complexity index is 633. The van der Waals surface area contributed by atoms with Gasteiger partial charge in [0.05, 0.1) is 11.8 Å². The van der Waals surface area contributed by atoms with Crippen LogP contribution in [0, 0.1) is 0 Å². The predicted octanol–water partition coefficient (Wildman–Crippen LogP) is 4.58. The number of oxime groups is 1. The number of nitrogens with zero attached hydrogens (tertiary/aromatic N) is 2. The standard InChI is InChI=1S/C19H24N2O2/c1-19(2,3)22-15-23-20-14-16-10-8-9-13-18(16)21(4)17-11-6-5-7-12-17/h5-14H,15H2,1-4H3/b20-14+. The summed E-state index contributed by atoms with van der Waals surface area (Å²) in [6, 6.07) is 18.2. The van der Waals surface area contributed by atoms with E-state index in [1.54, 1.807) is 6.21 Å². The van der Waals surface area contributed by atoms with Crippen molar-refractivity contribution >= 4 is 17.6 Å². The second-order valence-corrected chi connectivity index (χ2v) is 6.19. The molecule has 2 aromatic carbocycles. The normalized spacial score (nSPS) is 11.7. The highest BCUT2D eigenvalue weighted by molar-refractivity contribution is 5.89. The van der Waals surface area contributed by atoms with E-state index < -0.39 is 0 Å². The van der Waals surface area contributed by atoms with Crippen LogP contribution in [0.1, 0.15) is 26.3 Å². The van der Waals surface area contributed by atoms with E-state index in [1.807, 2.05) is 64.2 Å². The summed E-state index contributed by atoms with van der Waals surface area (Å²) in [4.78, 5) is 7.30. The van der Waals surface area contributed by atoms with Crippen molar-refractivity contribution in [2.24, 2.45) is 5.16 Å². The second-order valence-electron chi connectivity index (χ2n) is 6.19. The van der Waals surface area contributed by atoms with Gasteiger partial charge in [-0.05, 0) is 39.0 Å². The van der Waals surface area contributed by atoms with E-state index in [0.717, 1.165) is 16.9 Å². The van der Waals surface area contributed by atoms with Crippen LogP contribution in [0.15, 0.2) is 59.8 Å². The van der Waals surface area contributed by atoms with Gasteiger partial charge in [-0.1, -0.05) is 41.6 Å². The van der Waals surface area contributed by atoms with Crippen LogP contribution in [0.2, 0.25) is 0 Å². The van der Waals surface area contributed by atoms with Crippen LogP contribution < -0.4 is 4.90 Å². The number of hydrogen-bond donors (Lipinski definition) is 0. The fourth-order valence-electron chi connectivity index (χ4n) is 2.02. The van der Waals surface area contributed by atoms with Crippen LogP contribution in [-0.4, -0.2) is 25.7 Å². The van der Waals surface area contributed by atoms with Crippen molar-refractivity contribution in [2.75, 3.05) is 18.7 Å². The molecule has 0 atom stereocenters. The molecule has 0 radical (unpaired) electrons. The number of hydrogen-bond acceptors (Lipinski definition) is 4. The molecule has 0 heterocycles. The van der Waals surface area contributed by atoms with E-state index in [9.17, 15) is 0 Å². The minimum absolute atomic E-state index is 0.136. The maximum atomic E-state index is 5.47. The molecule has 0 aromatic heterocycles. The van der Waals surface area contributed by atoms with Gasteiger partial charge in [-0.15, -0.1) is 0 Å². The van der Waals surface area contributed by atoms with Gasteiger partial charge in [0.2, 0.25) is 6.79 Å². The number of rotatable bonds is 6. The quantitative estimate of drug-likeness (QED) is 0.339. The van der Waals surface area contributed by atoms with Crippen molar-refractivity contribution in [1.82, 2.24) is 0 Å². The summed E-state index contributed by atoms with van der Waals surface area (Å²) < 4.78 is 5.47. The molecule has 0 aliphatic heterocycles. The molecule has 4 heteroatoms. The highest BCUT2D eigenvalue weighted by atomic mass is 16.7. The molecule has 0 aliphatic rings. The van der Waals surface area contributed by atoms with Crippen LogP contribution in [0.5, 0.6) is 0 Å². The molecule has 0 saturated heterocycles. The molecule has 0 N–H and O–H groups in total. The first kappa shape index (κ1) is 17.0. The zero-order valence-corrected chi connectivity index (χ0v) is 14.2. The fraction of sp³-hybridized carbons (Fsp3) is 0.316.